The average Bonchev–Trinajstić information content (AvgIpc) is 2.52. The fourth-order valence-electron chi connectivity index (χ4n) is 1.82. The van der Waals surface area contributed by atoms with Crippen LogP contribution in [0.4, 0.5) is 4.39 Å². The van der Waals surface area contributed by atoms with Crippen molar-refractivity contribution >= 4 is 11.8 Å². The van der Waals surface area contributed by atoms with Gasteiger partial charge < -0.3 is 19.7 Å². The van der Waals surface area contributed by atoms with E-state index in [0.717, 1.165) is 18.2 Å². The molecule has 0 aromatic heterocycles. The first-order valence-electron chi connectivity index (χ1n) is 6.48. The highest BCUT2D eigenvalue weighted by molar-refractivity contribution is 6.00. The molecule has 6 nitrogen and oxygen atoms in total. The molecule has 2 rings (SSSR count). The van der Waals surface area contributed by atoms with E-state index in [9.17, 15) is 19.1 Å². The molecular formula is C16H13FO6. The van der Waals surface area contributed by atoms with Gasteiger partial charge in [-0.25, -0.2) is 9.18 Å². The monoisotopic (exact) mass is 320 g/mol. The Balaban J connectivity index is 2.04. The predicted octanol–water partition coefficient (Wildman–Crippen LogP) is 2.29. The molecule has 0 aliphatic rings. The van der Waals surface area contributed by atoms with Crippen LogP contribution in [-0.2, 0) is 4.74 Å². The molecular weight excluding hydrogens is 307 g/mol. The zero-order valence-electron chi connectivity index (χ0n) is 12.1. The maximum absolute atomic E-state index is 13.5. The van der Waals surface area contributed by atoms with Gasteiger partial charge in [-0.2, -0.15) is 0 Å². The van der Waals surface area contributed by atoms with Crippen molar-refractivity contribution in [1.29, 1.82) is 0 Å². The second-order valence-electron chi connectivity index (χ2n) is 4.55. The second kappa shape index (κ2) is 6.78. The number of phenols is 2. The number of hydrogen-bond donors (Lipinski definition) is 2. The fraction of sp³-hybridized carbons (Fsp3) is 0.125. The van der Waals surface area contributed by atoms with Gasteiger partial charge in [-0.3, -0.25) is 4.79 Å². The SMILES string of the molecule is COc1ccc(C(=O)COC(=O)c2ccc(O)cc2O)cc1F. The number of ether oxygens (including phenoxy) is 2. The Morgan fingerprint density at radius 3 is 2.48 bits per heavy atom. The fourth-order valence-corrected chi connectivity index (χ4v) is 1.82. The normalized spacial score (nSPS) is 10.2. The molecule has 120 valence electrons. The number of Topliss-reactive ketones (excluding diaryl/α,β-unsaturated/α-hetero) is 1. The number of carbonyl (C=O) groups excluding carboxylic acids is 2. The van der Waals surface area contributed by atoms with Gasteiger partial charge in [-0.05, 0) is 30.3 Å². The molecule has 0 saturated heterocycles. The lowest BCUT2D eigenvalue weighted by Gasteiger charge is -2.07. The highest BCUT2D eigenvalue weighted by atomic mass is 19.1. The molecule has 2 aromatic rings. The van der Waals surface area contributed by atoms with E-state index in [1.165, 1.54) is 25.3 Å². The van der Waals surface area contributed by atoms with Gasteiger partial charge in [0.2, 0.25) is 0 Å². The number of carbonyl (C=O) groups is 2. The summed E-state index contributed by atoms with van der Waals surface area (Å²) in [6.07, 6.45) is 0. The molecule has 0 fully saturated rings. The maximum atomic E-state index is 13.5. The third kappa shape index (κ3) is 3.76. The lowest BCUT2D eigenvalue weighted by atomic mass is 10.1. The number of phenolic OH excluding ortho intramolecular Hbond substituents is 2. The lowest BCUT2D eigenvalue weighted by Crippen LogP contribution is -2.14. The van der Waals surface area contributed by atoms with E-state index in [-0.39, 0.29) is 22.6 Å². The van der Waals surface area contributed by atoms with E-state index in [1.54, 1.807) is 0 Å². The molecule has 0 amide bonds. The van der Waals surface area contributed by atoms with Crippen LogP contribution in [0.2, 0.25) is 0 Å². The summed E-state index contributed by atoms with van der Waals surface area (Å²) in [5.41, 5.74) is -0.178. The summed E-state index contributed by atoms with van der Waals surface area (Å²) < 4.78 is 23.0. The molecule has 2 N–H and O–H groups in total. The number of ketones is 1. The Hall–Kier alpha value is -3.09. The van der Waals surface area contributed by atoms with Crippen molar-refractivity contribution in [2.24, 2.45) is 0 Å². The van der Waals surface area contributed by atoms with Crippen LogP contribution < -0.4 is 4.74 Å². The summed E-state index contributed by atoms with van der Waals surface area (Å²) in [5, 5.41) is 18.7. The number of esters is 1. The van der Waals surface area contributed by atoms with Gasteiger partial charge in [-0.1, -0.05) is 0 Å². The van der Waals surface area contributed by atoms with Gasteiger partial charge in [-0.15, -0.1) is 0 Å². The molecule has 0 atom stereocenters. The van der Waals surface area contributed by atoms with Crippen molar-refractivity contribution in [3.05, 3.63) is 53.3 Å². The number of aromatic hydroxyl groups is 2. The average molecular weight is 320 g/mol. The highest BCUT2D eigenvalue weighted by Crippen LogP contribution is 2.23. The smallest absolute Gasteiger partial charge is 0.342 e. The predicted molar refractivity (Wildman–Crippen MR) is 77.3 cm³/mol. The molecule has 23 heavy (non-hydrogen) atoms. The summed E-state index contributed by atoms with van der Waals surface area (Å²) in [5.74, 6) is -2.96. The van der Waals surface area contributed by atoms with Crippen molar-refractivity contribution in [2.75, 3.05) is 13.7 Å². The summed E-state index contributed by atoms with van der Waals surface area (Å²) in [6.45, 7) is -0.620. The summed E-state index contributed by atoms with van der Waals surface area (Å²) in [6, 6.07) is 6.93. The minimum Gasteiger partial charge on any atom is -0.508 e. The highest BCUT2D eigenvalue weighted by Gasteiger charge is 2.16. The van der Waals surface area contributed by atoms with Crippen LogP contribution in [0.15, 0.2) is 36.4 Å². The molecule has 2 aromatic carbocycles. The summed E-state index contributed by atoms with van der Waals surface area (Å²) in [4.78, 5) is 23.7. The van der Waals surface area contributed by atoms with Crippen LogP contribution in [0.5, 0.6) is 17.2 Å². The van der Waals surface area contributed by atoms with Gasteiger partial charge in [0.15, 0.2) is 24.0 Å². The lowest BCUT2D eigenvalue weighted by molar-refractivity contribution is 0.0471. The minimum atomic E-state index is -0.940. The van der Waals surface area contributed by atoms with Crippen LogP contribution in [0.1, 0.15) is 20.7 Å². The second-order valence-corrected chi connectivity index (χ2v) is 4.55. The summed E-state index contributed by atoms with van der Waals surface area (Å²) >= 11 is 0. The molecule has 0 spiro atoms. The van der Waals surface area contributed by atoms with Crippen molar-refractivity contribution < 1.29 is 33.7 Å². The van der Waals surface area contributed by atoms with Gasteiger partial charge in [0, 0.05) is 11.6 Å². The van der Waals surface area contributed by atoms with Gasteiger partial charge in [0.25, 0.3) is 0 Å². The number of hydrogen-bond acceptors (Lipinski definition) is 6. The number of benzene rings is 2. The molecule has 0 bridgehead atoms. The number of methoxy groups -OCH3 is 1. The largest absolute Gasteiger partial charge is 0.508 e. The quantitative estimate of drug-likeness (QED) is 0.648. The minimum absolute atomic E-state index is 0.00689. The van der Waals surface area contributed by atoms with E-state index in [1.807, 2.05) is 0 Å². The molecule has 0 aliphatic heterocycles. The Bertz CT molecular complexity index is 756. The van der Waals surface area contributed by atoms with E-state index in [2.05, 4.69) is 0 Å². The standard InChI is InChI=1S/C16H13FO6/c1-22-15-5-2-9(6-12(15)17)14(20)8-23-16(21)11-4-3-10(18)7-13(11)19/h2-7,18-19H,8H2,1H3. The number of rotatable bonds is 5. The topological polar surface area (TPSA) is 93.1 Å². The zero-order chi connectivity index (χ0) is 17.0. The van der Waals surface area contributed by atoms with Crippen molar-refractivity contribution in [3.8, 4) is 17.2 Å². The molecule has 0 radical (unpaired) electrons. The van der Waals surface area contributed by atoms with Crippen LogP contribution in [-0.4, -0.2) is 35.7 Å². The van der Waals surface area contributed by atoms with Crippen LogP contribution in [0.3, 0.4) is 0 Å². The molecule has 0 saturated carbocycles. The van der Waals surface area contributed by atoms with Gasteiger partial charge in [0.05, 0.1) is 7.11 Å². The van der Waals surface area contributed by atoms with E-state index < -0.39 is 29.9 Å². The first kappa shape index (κ1) is 16.3. The maximum Gasteiger partial charge on any atom is 0.342 e. The molecule has 7 heteroatoms. The van der Waals surface area contributed by atoms with E-state index in [4.69, 9.17) is 14.6 Å². The Labute approximate surface area is 130 Å². The van der Waals surface area contributed by atoms with Crippen LogP contribution in [0.25, 0.3) is 0 Å². The number of halogens is 1. The first-order chi connectivity index (χ1) is 10.9. The molecule has 0 unspecified atom stereocenters. The van der Waals surface area contributed by atoms with Crippen LogP contribution in [0, 0.1) is 5.82 Å². The van der Waals surface area contributed by atoms with Gasteiger partial charge >= 0.3 is 5.97 Å². The third-order valence-corrected chi connectivity index (χ3v) is 3.01. The molecule has 0 heterocycles. The van der Waals surface area contributed by atoms with Crippen molar-refractivity contribution in [2.45, 2.75) is 0 Å². The summed E-state index contributed by atoms with van der Waals surface area (Å²) in [7, 11) is 1.30. The van der Waals surface area contributed by atoms with E-state index >= 15 is 0 Å². The van der Waals surface area contributed by atoms with Crippen LogP contribution >= 0.6 is 0 Å². The van der Waals surface area contributed by atoms with Gasteiger partial charge in [0.1, 0.15) is 17.1 Å². The Morgan fingerprint density at radius 1 is 1.13 bits per heavy atom. The van der Waals surface area contributed by atoms with Crippen molar-refractivity contribution in [1.82, 2.24) is 0 Å². The van der Waals surface area contributed by atoms with E-state index in [0.29, 0.717) is 0 Å². The third-order valence-electron chi connectivity index (χ3n) is 3.01. The molecule has 0 aliphatic carbocycles. The Morgan fingerprint density at radius 2 is 1.87 bits per heavy atom. The Kier molecular flexibility index (Phi) is 4.80. The van der Waals surface area contributed by atoms with Crippen molar-refractivity contribution in [3.63, 3.8) is 0 Å². The first-order valence-corrected chi connectivity index (χ1v) is 6.48. The zero-order valence-corrected chi connectivity index (χ0v) is 12.1.